The Morgan fingerprint density at radius 2 is 2.04 bits per heavy atom. The van der Waals surface area contributed by atoms with Gasteiger partial charge < -0.3 is 10.3 Å². The number of rotatable bonds is 3. The number of hydroxylamine groups is 2. The molecule has 0 saturated carbocycles. The van der Waals surface area contributed by atoms with Gasteiger partial charge in [0.1, 0.15) is 6.17 Å². The summed E-state index contributed by atoms with van der Waals surface area (Å²) in [5.74, 6) is 0. The van der Waals surface area contributed by atoms with Crippen LogP contribution in [0.4, 0.5) is 4.79 Å². The zero-order valence-corrected chi connectivity index (χ0v) is 13.0. The highest BCUT2D eigenvalue weighted by Gasteiger charge is 2.22. The molecule has 0 spiro atoms. The van der Waals surface area contributed by atoms with Crippen molar-refractivity contribution in [2.45, 2.75) is 20.0 Å². The number of aromatic nitrogens is 2. The Hall–Kier alpha value is -2.86. The minimum Gasteiger partial charge on any atom is -0.350 e. The van der Waals surface area contributed by atoms with Crippen LogP contribution in [0.1, 0.15) is 18.8 Å². The second-order valence-corrected chi connectivity index (χ2v) is 5.41. The molecule has 6 heteroatoms. The van der Waals surface area contributed by atoms with Gasteiger partial charge in [-0.25, -0.2) is 4.79 Å². The van der Waals surface area contributed by atoms with Crippen LogP contribution in [0.25, 0.3) is 22.2 Å². The zero-order chi connectivity index (χ0) is 16.6. The second-order valence-electron chi connectivity index (χ2n) is 5.41. The predicted octanol–water partition coefficient (Wildman–Crippen LogP) is 3.30. The van der Waals surface area contributed by atoms with Crippen molar-refractivity contribution in [2.24, 2.45) is 5.73 Å². The summed E-state index contributed by atoms with van der Waals surface area (Å²) in [5, 5.41) is 11.5. The van der Waals surface area contributed by atoms with E-state index in [9.17, 15) is 10.0 Å². The number of aryl methyl sites for hydroxylation is 1. The van der Waals surface area contributed by atoms with Crippen LogP contribution >= 0.6 is 0 Å². The number of hydrogen-bond donors (Lipinski definition) is 2. The maximum absolute atomic E-state index is 11.4. The van der Waals surface area contributed by atoms with Crippen molar-refractivity contribution in [1.29, 1.82) is 0 Å². The molecule has 6 nitrogen and oxygen atoms in total. The van der Waals surface area contributed by atoms with E-state index < -0.39 is 12.2 Å². The van der Waals surface area contributed by atoms with Crippen LogP contribution in [0.3, 0.4) is 0 Å². The van der Waals surface area contributed by atoms with Gasteiger partial charge in [0.25, 0.3) is 0 Å². The Morgan fingerprint density at radius 1 is 1.30 bits per heavy atom. The third-order valence-corrected chi connectivity index (χ3v) is 3.98. The van der Waals surface area contributed by atoms with Gasteiger partial charge in [-0.3, -0.25) is 10.2 Å². The maximum Gasteiger partial charge on any atom is 0.340 e. The van der Waals surface area contributed by atoms with E-state index in [0.717, 1.165) is 27.9 Å². The van der Waals surface area contributed by atoms with Crippen molar-refractivity contribution >= 4 is 16.9 Å². The molecule has 1 aromatic carbocycles. The Balaban J connectivity index is 2.28. The summed E-state index contributed by atoms with van der Waals surface area (Å²) in [4.78, 5) is 15.7. The fraction of sp³-hybridized carbons (Fsp3) is 0.176. The lowest BCUT2D eigenvalue weighted by Crippen LogP contribution is -2.37. The monoisotopic (exact) mass is 310 g/mol. The molecular weight excluding hydrogens is 292 g/mol. The average molecular weight is 310 g/mol. The fourth-order valence-corrected chi connectivity index (χ4v) is 2.83. The third-order valence-electron chi connectivity index (χ3n) is 3.98. The first kappa shape index (κ1) is 15.1. The van der Waals surface area contributed by atoms with Gasteiger partial charge in [-0.1, -0.05) is 18.2 Å². The van der Waals surface area contributed by atoms with Gasteiger partial charge in [0.15, 0.2) is 0 Å². The van der Waals surface area contributed by atoms with Crippen LogP contribution in [-0.2, 0) is 0 Å². The lowest BCUT2D eigenvalue weighted by molar-refractivity contribution is -0.0912. The van der Waals surface area contributed by atoms with Crippen LogP contribution in [0.2, 0.25) is 0 Å². The highest BCUT2D eigenvalue weighted by molar-refractivity contribution is 5.87. The smallest absolute Gasteiger partial charge is 0.340 e. The molecule has 0 saturated heterocycles. The topological polar surface area (TPSA) is 84.4 Å². The third kappa shape index (κ3) is 2.53. The predicted molar refractivity (Wildman–Crippen MR) is 87.8 cm³/mol. The summed E-state index contributed by atoms with van der Waals surface area (Å²) < 4.78 is 1.88. The van der Waals surface area contributed by atoms with Crippen LogP contribution < -0.4 is 5.73 Å². The Bertz CT molecular complexity index is 872. The molecule has 0 fully saturated rings. The van der Waals surface area contributed by atoms with E-state index in [1.807, 2.05) is 54.0 Å². The Kier molecular flexibility index (Phi) is 3.75. The molecule has 0 aliphatic carbocycles. The molecule has 3 rings (SSSR count). The molecule has 0 aliphatic rings. The van der Waals surface area contributed by atoms with Crippen molar-refractivity contribution in [3.8, 4) is 11.3 Å². The summed E-state index contributed by atoms with van der Waals surface area (Å²) in [6, 6.07) is 12.7. The van der Waals surface area contributed by atoms with Crippen LogP contribution in [0.15, 0.2) is 48.7 Å². The number of nitrogens with two attached hydrogens (primary N) is 1. The molecule has 0 radical (unpaired) electrons. The van der Waals surface area contributed by atoms with Gasteiger partial charge in [0, 0.05) is 22.8 Å². The number of urea groups is 1. The molecule has 23 heavy (non-hydrogen) atoms. The minimum atomic E-state index is -0.899. The number of amides is 2. The van der Waals surface area contributed by atoms with Crippen LogP contribution in [0.5, 0.6) is 0 Å². The summed E-state index contributed by atoms with van der Waals surface area (Å²) >= 11 is 0. The van der Waals surface area contributed by atoms with E-state index in [2.05, 4.69) is 4.98 Å². The molecule has 3 aromatic rings. The number of carbonyl (C=O) groups excluding carboxylic acids is 1. The minimum absolute atomic E-state index is 0.529. The Labute approximate surface area is 133 Å². The summed E-state index contributed by atoms with van der Waals surface area (Å²) in [5.41, 5.74) is 8.79. The molecule has 0 aliphatic heterocycles. The van der Waals surface area contributed by atoms with Crippen molar-refractivity contribution in [2.75, 3.05) is 0 Å². The number of primary amides is 1. The van der Waals surface area contributed by atoms with Gasteiger partial charge >= 0.3 is 6.03 Å². The van der Waals surface area contributed by atoms with Crippen molar-refractivity contribution < 1.29 is 10.0 Å². The number of nitrogens with zero attached hydrogens (tertiary/aromatic N) is 3. The quantitative estimate of drug-likeness (QED) is 0.575. The number of hydrogen-bond acceptors (Lipinski definition) is 3. The molecule has 3 N–H and O–H groups in total. The SMILES string of the molecule is Cc1ncccc1-c1cc2ccccc2n1C(C)N(O)C(N)=O. The highest BCUT2D eigenvalue weighted by atomic mass is 16.5. The zero-order valence-electron chi connectivity index (χ0n) is 13.0. The number of para-hydroxylation sites is 1. The van der Waals surface area contributed by atoms with Crippen LogP contribution in [-0.4, -0.2) is 25.9 Å². The summed E-state index contributed by atoms with van der Waals surface area (Å²) in [7, 11) is 0. The van der Waals surface area contributed by atoms with Crippen molar-refractivity contribution in [3.63, 3.8) is 0 Å². The first-order valence-electron chi connectivity index (χ1n) is 7.30. The van der Waals surface area contributed by atoms with E-state index >= 15 is 0 Å². The number of pyridine rings is 1. The van der Waals surface area contributed by atoms with E-state index in [0.29, 0.717) is 5.06 Å². The number of carbonyl (C=O) groups is 1. The van der Waals surface area contributed by atoms with Crippen LogP contribution in [0, 0.1) is 6.92 Å². The van der Waals surface area contributed by atoms with E-state index in [1.54, 1.807) is 13.1 Å². The molecule has 2 amide bonds. The molecule has 2 aromatic heterocycles. The second kappa shape index (κ2) is 5.73. The largest absolute Gasteiger partial charge is 0.350 e. The maximum atomic E-state index is 11.4. The molecule has 118 valence electrons. The molecule has 1 atom stereocenters. The first-order valence-corrected chi connectivity index (χ1v) is 7.30. The van der Waals surface area contributed by atoms with Crippen molar-refractivity contribution in [3.05, 3.63) is 54.4 Å². The van der Waals surface area contributed by atoms with Gasteiger partial charge in [-0.15, -0.1) is 0 Å². The van der Waals surface area contributed by atoms with Gasteiger partial charge in [-0.2, -0.15) is 5.06 Å². The fourth-order valence-electron chi connectivity index (χ4n) is 2.83. The van der Waals surface area contributed by atoms with Gasteiger partial charge in [0.2, 0.25) is 0 Å². The van der Waals surface area contributed by atoms with E-state index in [-0.39, 0.29) is 0 Å². The normalized spacial score (nSPS) is 12.3. The first-order chi connectivity index (χ1) is 11.0. The Morgan fingerprint density at radius 3 is 2.74 bits per heavy atom. The van der Waals surface area contributed by atoms with E-state index in [1.165, 1.54) is 0 Å². The lowest BCUT2D eigenvalue weighted by atomic mass is 10.1. The average Bonchev–Trinajstić information content (AvgIpc) is 2.92. The van der Waals surface area contributed by atoms with Gasteiger partial charge in [0.05, 0.1) is 11.2 Å². The lowest BCUT2D eigenvalue weighted by Gasteiger charge is -2.25. The standard InChI is InChI=1S/C17H18N4O2/c1-11-14(7-5-9-19-11)16-10-13-6-3-4-8-15(13)20(16)12(2)21(23)17(18)22/h3-10,12,23H,1-2H3,(H2,18,22). The molecule has 0 bridgehead atoms. The highest BCUT2D eigenvalue weighted by Crippen LogP contribution is 2.33. The summed E-state index contributed by atoms with van der Waals surface area (Å²) in [6.07, 6.45) is 1.08. The van der Waals surface area contributed by atoms with Gasteiger partial charge in [-0.05, 0) is 38.1 Å². The molecular formula is C17H18N4O2. The molecule has 1 unspecified atom stereocenters. The van der Waals surface area contributed by atoms with E-state index in [4.69, 9.17) is 5.73 Å². The number of fused-ring (bicyclic) bond motifs is 1. The van der Waals surface area contributed by atoms with Crippen molar-refractivity contribution in [1.82, 2.24) is 14.6 Å². The number of benzene rings is 1. The summed E-state index contributed by atoms with van der Waals surface area (Å²) in [6.45, 7) is 3.64. The molecule has 2 heterocycles.